The van der Waals surface area contributed by atoms with E-state index in [1.807, 2.05) is 19.1 Å². The minimum absolute atomic E-state index is 0.288. The molecule has 18 heavy (non-hydrogen) atoms. The fourth-order valence-corrected chi connectivity index (χ4v) is 2.05. The summed E-state index contributed by atoms with van der Waals surface area (Å²) in [7, 11) is 0. The summed E-state index contributed by atoms with van der Waals surface area (Å²) in [6, 6.07) is 6.06. The molecular formula is C15H18O3. The summed E-state index contributed by atoms with van der Waals surface area (Å²) < 4.78 is 10.5. The lowest BCUT2D eigenvalue weighted by atomic mass is 9.99. The Balaban J connectivity index is 2.20. The highest BCUT2D eigenvalue weighted by Gasteiger charge is 2.11. The first-order valence-corrected chi connectivity index (χ1v) is 6.32. The van der Waals surface area contributed by atoms with Crippen molar-refractivity contribution < 1.29 is 14.3 Å². The average molecular weight is 246 g/mol. The molecule has 96 valence electrons. The second-order valence-corrected chi connectivity index (χ2v) is 4.35. The molecule has 0 saturated heterocycles. The molecule has 0 N–H and O–H groups in total. The van der Waals surface area contributed by atoms with Crippen molar-refractivity contribution in [2.24, 2.45) is 0 Å². The van der Waals surface area contributed by atoms with Crippen molar-refractivity contribution in [3.05, 3.63) is 35.4 Å². The SMILES string of the molecule is CCOC(=O)/C=C(/C)c1ccc2c(c1)CCCO2. The maximum atomic E-state index is 11.4. The summed E-state index contributed by atoms with van der Waals surface area (Å²) in [5.41, 5.74) is 3.18. The minimum atomic E-state index is -0.288. The van der Waals surface area contributed by atoms with E-state index in [1.54, 1.807) is 6.92 Å². The van der Waals surface area contributed by atoms with Crippen LogP contribution in [0.4, 0.5) is 0 Å². The summed E-state index contributed by atoms with van der Waals surface area (Å²) >= 11 is 0. The summed E-state index contributed by atoms with van der Waals surface area (Å²) in [4.78, 5) is 11.4. The maximum Gasteiger partial charge on any atom is 0.331 e. The van der Waals surface area contributed by atoms with E-state index in [9.17, 15) is 4.79 Å². The molecule has 0 atom stereocenters. The highest BCUT2D eigenvalue weighted by atomic mass is 16.5. The molecule has 0 amide bonds. The standard InChI is InChI=1S/C15H18O3/c1-3-17-15(16)9-11(2)12-6-7-14-13(10-12)5-4-8-18-14/h6-7,9-10H,3-5,8H2,1-2H3/b11-9-. The largest absolute Gasteiger partial charge is 0.493 e. The number of ether oxygens (including phenoxy) is 2. The Morgan fingerprint density at radius 1 is 1.50 bits per heavy atom. The first kappa shape index (κ1) is 12.7. The molecule has 0 saturated carbocycles. The molecule has 3 heteroatoms. The number of carbonyl (C=O) groups excluding carboxylic acids is 1. The number of allylic oxidation sites excluding steroid dienone is 1. The second kappa shape index (κ2) is 5.71. The number of hydrogen-bond donors (Lipinski definition) is 0. The molecule has 0 aliphatic carbocycles. The molecule has 2 rings (SSSR count). The monoisotopic (exact) mass is 246 g/mol. The van der Waals surface area contributed by atoms with Crippen LogP contribution in [-0.4, -0.2) is 19.2 Å². The van der Waals surface area contributed by atoms with E-state index in [0.29, 0.717) is 6.61 Å². The maximum absolute atomic E-state index is 11.4. The molecule has 0 unspecified atom stereocenters. The summed E-state index contributed by atoms with van der Waals surface area (Å²) in [6.45, 7) is 4.92. The van der Waals surface area contributed by atoms with Crippen molar-refractivity contribution in [1.29, 1.82) is 0 Å². The predicted octanol–water partition coefficient (Wildman–Crippen LogP) is 2.98. The number of rotatable bonds is 3. The predicted molar refractivity (Wildman–Crippen MR) is 70.5 cm³/mol. The van der Waals surface area contributed by atoms with Crippen LogP contribution < -0.4 is 4.74 Å². The molecule has 0 aromatic heterocycles. The third kappa shape index (κ3) is 2.92. The number of fused-ring (bicyclic) bond motifs is 1. The number of esters is 1. The number of hydrogen-bond acceptors (Lipinski definition) is 3. The Kier molecular flexibility index (Phi) is 4.03. The summed E-state index contributed by atoms with van der Waals surface area (Å²) in [6.07, 6.45) is 3.63. The van der Waals surface area contributed by atoms with Gasteiger partial charge in [0.25, 0.3) is 0 Å². The smallest absolute Gasteiger partial charge is 0.331 e. The van der Waals surface area contributed by atoms with Gasteiger partial charge in [-0.05, 0) is 55.5 Å². The van der Waals surface area contributed by atoms with Gasteiger partial charge in [-0.25, -0.2) is 4.79 Å². The highest BCUT2D eigenvalue weighted by Crippen LogP contribution is 2.28. The topological polar surface area (TPSA) is 35.5 Å². The first-order valence-electron chi connectivity index (χ1n) is 6.32. The minimum Gasteiger partial charge on any atom is -0.493 e. The van der Waals surface area contributed by atoms with E-state index < -0.39 is 0 Å². The van der Waals surface area contributed by atoms with Gasteiger partial charge in [0.1, 0.15) is 5.75 Å². The van der Waals surface area contributed by atoms with Crippen molar-refractivity contribution in [3.63, 3.8) is 0 Å². The zero-order chi connectivity index (χ0) is 13.0. The molecule has 0 bridgehead atoms. The fourth-order valence-electron chi connectivity index (χ4n) is 2.05. The van der Waals surface area contributed by atoms with Gasteiger partial charge < -0.3 is 9.47 Å². The van der Waals surface area contributed by atoms with Gasteiger partial charge in [0.15, 0.2) is 0 Å². The normalized spacial score (nSPS) is 14.7. The van der Waals surface area contributed by atoms with Crippen molar-refractivity contribution in [3.8, 4) is 5.75 Å². The zero-order valence-corrected chi connectivity index (χ0v) is 10.9. The van der Waals surface area contributed by atoms with Gasteiger partial charge in [-0.2, -0.15) is 0 Å². The number of benzene rings is 1. The molecule has 1 aliphatic rings. The fraction of sp³-hybridized carbons (Fsp3) is 0.400. The third-order valence-electron chi connectivity index (χ3n) is 2.98. The molecule has 0 radical (unpaired) electrons. The van der Waals surface area contributed by atoms with E-state index in [-0.39, 0.29) is 5.97 Å². The third-order valence-corrected chi connectivity index (χ3v) is 2.98. The Morgan fingerprint density at radius 2 is 2.33 bits per heavy atom. The van der Waals surface area contributed by atoms with Gasteiger partial charge in [0.05, 0.1) is 13.2 Å². The first-order chi connectivity index (χ1) is 8.70. The zero-order valence-electron chi connectivity index (χ0n) is 10.9. The average Bonchev–Trinajstić information content (AvgIpc) is 2.38. The molecular weight excluding hydrogens is 228 g/mol. The lowest BCUT2D eigenvalue weighted by Crippen LogP contribution is -2.08. The van der Waals surface area contributed by atoms with Crippen LogP contribution in [0.25, 0.3) is 5.57 Å². The van der Waals surface area contributed by atoms with Crippen molar-refractivity contribution >= 4 is 11.5 Å². The van der Waals surface area contributed by atoms with Crippen LogP contribution in [0.3, 0.4) is 0 Å². The Hall–Kier alpha value is -1.77. The lowest BCUT2D eigenvalue weighted by Gasteiger charge is -2.18. The van der Waals surface area contributed by atoms with E-state index >= 15 is 0 Å². The van der Waals surface area contributed by atoms with E-state index in [4.69, 9.17) is 9.47 Å². The van der Waals surface area contributed by atoms with Crippen LogP contribution >= 0.6 is 0 Å². The van der Waals surface area contributed by atoms with E-state index in [2.05, 4.69) is 6.07 Å². The van der Waals surface area contributed by atoms with Crippen LogP contribution in [-0.2, 0) is 16.0 Å². The molecule has 1 aliphatic heterocycles. The Labute approximate surface area is 107 Å². The molecule has 0 fully saturated rings. The van der Waals surface area contributed by atoms with Gasteiger partial charge in [-0.3, -0.25) is 0 Å². The van der Waals surface area contributed by atoms with Gasteiger partial charge in [-0.15, -0.1) is 0 Å². The molecule has 0 spiro atoms. The van der Waals surface area contributed by atoms with Crippen LogP contribution in [0.2, 0.25) is 0 Å². The molecule has 1 heterocycles. The van der Waals surface area contributed by atoms with Crippen LogP contribution in [0.15, 0.2) is 24.3 Å². The van der Waals surface area contributed by atoms with Crippen molar-refractivity contribution in [1.82, 2.24) is 0 Å². The Morgan fingerprint density at radius 3 is 3.11 bits per heavy atom. The van der Waals surface area contributed by atoms with Gasteiger partial charge >= 0.3 is 5.97 Å². The van der Waals surface area contributed by atoms with Gasteiger partial charge in [0, 0.05) is 6.08 Å². The highest BCUT2D eigenvalue weighted by molar-refractivity contribution is 5.91. The van der Waals surface area contributed by atoms with Crippen LogP contribution in [0.5, 0.6) is 5.75 Å². The second-order valence-electron chi connectivity index (χ2n) is 4.35. The number of carbonyl (C=O) groups is 1. The summed E-state index contributed by atoms with van der Waals surface area (Å²) in [5.74, 6) is 0.679. The van der Waals surface area contributed by atoms with Gasteiger partial charge in [0.2, 0.25) is 0 Å². The molecule has 3 nitrogen and oxygen atoms in total. The Bertz CT molecular complexity index is 475. The van der Waals surface area contributed by atoms with Crippen LogP contribution in [0.1, 0.15) is 31.4 Å². The van der Waals surface area contributed by atoms with Crippen molar-refractivity contribution in [2.75, 3.05) is 13.2 Å². The molecule has 1 aromatic carbocycles. The summed E-state index contributed by atoms with van der Waals surface area (Å²) in [5, 5.41) is 0. The van der Waals surface area contributed by atoms with Crippen molar-refractivity contribution in [2.45, 2.75) is 26.7 Å². The van der Waals surface area contributed by atoms with Gasteiger partial charge in [-0.1, -0.05) is 6.07 Å². The van der Waals surface area contributed by atoms with E-state index in [0.717, 1.165) is 36.3 Å². The van der Waals surface area contributed by atoms with E-state index in [1.165, 1.54) is 11.6 Å². The number of aryl methyl sites for hydroxylation is 1. The van der Waals surface area contributed by atoms with Crippen LogP contribution in [0, 0.1) is 0 Å². The molecule has 1 aromatic rings. The quantitative estimate of drug-likeness (QED) is 0.607. The lowest BCUT2D eigenvalue weighted by molar-refractivity contribution is -0.137.